The topological polar surface area (TPSA) is 63.0 Å². The summed E-state index contributed by atoms with van der Waals surface area (Å²) in [5, 5.41) is 14.6. The van der Waals surface area contributed by atoms with Crippen LogP contribution in [0.5, 0.6) is 0 Å². The fourth-order valence-corrected chi connectivity index (χ4v) is 1.81. The molecule has 0 aliphatic carbocycles. The van der Waals surface area contributed by atoms with E-state index >= 15 is 0 Å². The number of pyridine rings is 1. The van der Waals surface area contributed by atoms with Crippen molar-refractivity contribution >= 4 is 17.3 Å². The maximum absolute atomic E-state index is 13.1. The predicted molar refractivity (Wildman–Crippen MR) is 72.2 cm³/mol. The first kappa shape index (κ1) is 16.5. The predicted octanol–water partition coefficient (Wildman–Crippen LogP) is 3.03. The van der Waals surface area contributed by atoms with Gasteiger partial charge in [-0.05, 0) is 12.1 Å². The van der Waals surface area contributed by atoms with E-state index in [4.69, 9.17) is 16.7 Å². The highest BCUT2D eigenvalue weighted by Crippen LogP contribution is 2.29. The minimum Gasteiger partial charge on any atom is -0.390 e. The first-order chi connectivity index (χ1) is 10.3. The van der Waals surface area contributed by atoms with Gasteiger partial charge in [0.25, 0.3) is 5.92 Å². The maximum atomic E-state index is 13.1. The Morgan fingerprint density at radius 3 is 2.73 bits per heavy atom. The summed E-state index contributed by atoms with van der Waals surface area (Å²) in [5.74, 6) is -3.34. The number of halogens is 5. The lowest BCUT2D eigenvalue weighted by Gasteiger charge is -2.16. The minimum atomic E-state index is -3.34. The highest BCUT2D eigenvalue weighted by molar-refractivity contribution is 6.29. The summed E-state index contributed by atoms with van der Waals surface area (Å²) < 4.78 is 51.7. The monoisotopic (exact) mass is 338 g/mol. The van der Waals surface area contributed by atoms with E-state index in [1.807, 2.05) is 0 Å². The zero-order valence-corrected chi connectivity index (χ0v) is 11.7. The van der Waals surface area contributed by atoms with E-state index in [1.54, 1.807) is 0 Å². The summed E-state index contributed by atoms with van der Waals surface area (Å²) >= 11 is 5.71. The lowest BCUT2D eigenvalue weighted by atomic mass is 10.1. The molecular weight excluding hydrogens is 328 g/mol. The van der Waals surface area contributed by atoms with E-state index in [0.29, 0.717) is 4.68 Å². The molecule has 0 atom stereocenters. The lowest BCUT2D eigenvalue weighted by molar-refractivity contribution is -0.0372. The Morgan fingerprint density at radius 1 is 1.41 bits per heavy atom. The number of hydrogen-bond acceptors (Lipinski definition) is 4. The number of aliphatic hydroxyl groups is 1. The normalized spacial score (nSPS) is 12.0. The van der Waals surface area contributed by atoms with Crippen molar-refractivity contribution in [1.29, 1.82) is 0 Å². The summed E-state index contributed by atoms with van der Waals surface area (Å²) in [4.78, 5) is 3.79. The number of hydrogen-bond donors (Lipinski definition) is 2. The molecule has 0 saturated heterocycles. The van der Waals surface area contributed by atoms with Gasteiger partial charge in [0, 0.05) is 23.6 Å². The molecule has 2 aromatic rings. The molecule has 0 aliphatic heterocycles. The van der Waals surface area contributed by atoms with Gasteiger partial charge in [-0.1, -0.05) is 11.6 Å². The van der Waals surface area contributed by atoms with Crippen molar-refractivity contribution in [2.75, 3.05) is 18.5 Å². The highest BCUT2D eigenvalue weighted by Gasteiger charge is 2.27. The average molecular weight is 339 g/mol. The third-order valence-electron chi connectivity index (χ3n) is 2.72. The number of nitrogens with zero attached hydrogens (tertiary/aromatic N) is 3. The van der Waals surface area contributed by atoms with Crippen LogP contribution in [0.3, 0.4) is 0 Å². The van der Waals surface area contributed by atoms with Crippen molar-refractivity contribution in [3.8, 4) is 11.3 Å². The van der Waals surface area contributed by atoms with Crippen molar-refractivity contribution in [2.45, 2.75) is 12.5 Å². The number of rotatable bonds is 6. The SMILES string of the molecule is OCC(F)(F)CNc1cc(Cl)ncc1-c1ccn(C(F)F)n1. The second kappa shape index (κ2) is 6.49. The summed E-state index contributed by atoms with van der Waals surface area (Å²) in [5.41, 5.74) is 0.504. The zero-order chi connectivity index (χ0) is 16.3. The van der Waals surface area contributed by atoms with Gasteiger partial charge < -0.3 is 10.4 Å². The number of aromatic nitrogens is 3. The molecule has 5 nitrogen and oxygen atoms in total. The van der Waals surface area contributed by atoms with Crippen molar-refractivity contribution < 1.29 is 22.7 Å². The summed E-state index contributed by atoms with van der Waals surface area (Å²) in [7, 11) is 0. The maximum Gasteiger partial charge on any atom is 0.333 e. The molecule has 0 spiro atoms. The smallest absolute Gasteiger partial charge is 0.333 e. The Hall–Kier alpha value is -1.87. The van der Waals surface area contributed by atoms with E-state index in [9.17, 15) is 17.6 Å². The fourth-order valence-electron chi connectivity index (χ4n) is 1.65. The third-order valence-corrected chi connectivity index (χ3v) is 2.93. The quantitative estimate of drug-likeness (QED) is 0.628. The lowest BCUT2D eigenvalue weighted by Crippen LogP contribution is -2.31. The van der Waals surface area contributed by atoms with Crippen LogP contribution >= 0.6 is 11.6 Å². The van der Waals surface area contributed by atoms with Crippen LogP contribution in [0.2, 0.25) is 5.15 Å². The Labute approximate surface area is 127 Å². The van der Waals surface area contributed by atoms with Crippen LogP contribution in [-0.2, 0) is 0 Å². The highest BCUT2D eigenvalue weighted by atomic mass is 35.5. The van der Waals surface area contributed by atoms with Gasteiger partial charge in [0.1, 0.15) is 11.8 Å². The Balaban J connectivity index is 2.30. The molecule has 0 radical (unpaired) electrons. The van der Waals surface area contributed by atoms with E-state index < -0.39 is 25.6 Å². The van der Waals surface area contributed by atoms with E-state index in [0.717, 1.165) is 6.20 Å². The Kier molecular flexibility index (Phi) is 4.87. The first-order valence-electron chi connectivity index (χ1n) is 6.04. The molecule has 0 aliphatic rings. The van der Waals surface area contributed by atoms with Crippen molar-refractivity contribution in [2.24, 2.45) is 0 Å². The molecule has 0 amide bonds. The standard InChI is InChI=1S/C12H11ClF4N4O/c13-10-3-9(19-5-12(16,17)6-22)7(4-18-10)8-1-2-21(20-8)11(14)15/h1-4,11,22H,5-6H2,(H,18,19). The summed E-state index contributed by atoms with van der Waals surface area (Å²) in [6.45, 7) is -5.00. The van der Waals surface area contributed by atoms with Crippen LogP contribution < -0.4 is 5.32 Å². The van der Waals surface area contributed by atoms with Gasteiger partial charge >= 0.3 is 6.55 Å². The van der Waals surface area contributed by atoms with Gasteiger partial charge in [-0.25, -0.2) is 18.4 Å². The molecule has 2 N–H and O–H groups in total. The molecule has 2 heterocycles. The Bertz CT molecular complexity index is 650. The molecule has 22 heavy (non-hydrogen) atoms. The molecule has 2 rings (SSSR count). The van der Waals surface area contributed by atoms with E-state index in [2.05, 4.69) is 15.4 Å². The van der Waals surface area contributed by atoms with Crippen LogP contribution in [0.1, 0.15) is 6.55 Å². The Morgan fingerprint density at radius 2 is 2.14 bits per heavy atom. The number of aliphatic hydroxyl groups excluding tert-OH is 1. The van der Waals surface area contributed by atoms with Gasteiger partial charge in [-0.3, -0.25) is 0 Å². The molecule has 2 aromatic heterocycles. The fraction of sp³-hybridized carbons (Fsp3) is 0.333. The zero-order valence-electron chi connectivity index (χ0n) is 11.0. The minimum absolute atomic E-state index is 0.0341. The second-order valence-corrected chi connectivity index (χ2v) is 4.77. The van der Waals surface area contributed by atoms with Crippen molar-refractivity contribution in [3.05, 3.63) is 29.7 Å². The van der Waals surface area contributed by atoms with Crippen molar-refractivity contribution in [1.82, 2.24) is 14.8 Å². The molecule has 0 saturated carbocycles. The molecular formula is C12H11ClF4N4O. The van der Waals surface area contributed by atoms with E-state index in [-0.39, 0.29) is 22.1 Å². The second-order valence-electron chi connectivity index (χ2n) is 4.38. The van der Waals surface area contributed by atoms with E-state index in [1.165, 1.54) is 18.3 Å². The average Bonchev–Trinajstić information content (AvgIpc) is 2.95. The molecule has 0 bridgehead atoms. The van der Waals surface area contributed by atoms with Crippen LogP contribution in [0, 0.1) is 0 Å². The van der Waals surface area contributed by atoms with Crippen molar-refractivity contribution in [3.63, 3.8) is 0 Å². The molecule has 0 aromatic carbocycles. The van der Waals surface area contributed by atoms with Gasteiger partial charge in [0.15, 0.2) is 0 Å². The molecule has 10 heteroatoms. The number of alkyl halides is 4. The molecule has 0 fully saturated rings. The van der Waals surface area contributed by atoms with Crippen LogP contribution in [0.15, 0.2) is 24.5 Å². The molecule has 0 unspecified atom stereocenters. The first-order valence-corrected chi connectivity index (χ1v) is 6.42. The third kappa shape index (κ3) is 3.86. The number of nitrogens with one attached hydrogen (secondary N) is 1. The van der Waals surface area contributed by atoms with Crippen LogP contribution in [0.25, 0.3) is 11.3 Å². The van der Waals surface area contributed by atoms with Crippen LogP contribution in [0.4, 0.5) is 23.2 Å². The largest absolute Gasteiger partial charge is 0.390 e. The van der Waals surface area contributed by atoms with Gasteiger partial charge in [0.05, 0.1) is 12.2 Å². The molecule has 120 valence electrons. The van der Waals surface area contributed by atoms with Gasteiger partial charge in [-0.15, -0.1) is 0 Å². The van der Waals surface area contributed by atoms with Gasteiger partial charge in [-0.2, -0.15) is 13.9 Å². The van der Waals surface area contributed by atoms with Gasteiger partial charge in [0.2, 0.25) is 0 Å². The van der Waals surface area contributed by atoms with Crippen LogP contribution in [-0.4, -0.2) is 38.9 Å². The number of anilines is 1. The summed E-state index contributed by atoms with van der Waals surface area (Å²) in [6.07, 6.45) is 2.29. The summed E-state index contributed by atoms with van der Waals surface area (Å²) in [6, 6.07) is 2.57.